The van der Waals surface area contributed by atoms with Crippen molar-refractivity contribution in [1.82, 2.24) is 5.32 Å². The number of ether oxygens (including phenoxy) is 2. The van der Waals surface area contributed by atoms with Crippen LogP contribution in [-0.2, 0) is 16.1 Å². The van der Waals surface area contributed by atoms with Crippen molar-refractivity contribution in [1.29, 1.82) is 0 Å². The van der Waals surface area contributed by atoms with Crippen molar-refractivity contribution in [3.63, 3.8) is 0 Å². The second kappa shape index (κ2) is 9.13. The fourth-order valence-corrected chi connectivity index (χ4v) is 3.29. The summed E-state index contributed by atoms with van der Waals surface area (Å²) in [5.74, 6) is 0.143. The summed E-state index contributed by atoms with van der Waals surface area (Å²) >= 11 is 0. The third-order valence-electron chi connectivity index (χ3n) is 4.78. The molecule has 7 nitrogen and oxygen atoms in total. The molecule has 1 unspecified atom stereocenters. The Hall–Kier alpha value is -4.13. The van der Waals surface area contributed by atoms with Crippen LogP contribution in [0.25, 0.3) is 0 Å². The number of aliphatic imine (C=N–C) groups is 1. The van der Waals surface area contributed by atoms with E-state index in [4.69, 9.17) is 9.47 Å². The van der Waals surface area contributed by atoms with Gasteiger partial charge in [0.1, 0.15) is 12.4 Å². The van der Waals surface area contributed by atoms with Crippen LogP contribution in [0, 0.1) is 0 Å². The van der Waals surface area contributed by atoms with Gasteiger partial charge in [0.05, 0.1) is 18.5 Å². The number of benzene rings is 3. The van der Waals surface area contributed by atoms with Crippen molar-refractivity contribution in [2.75, 3.05) is 12.4 Å². The van der Waals surface area contributed by atoms with E-state index >= 15 is 0 Å². The van der Waals surface area contributed by atoms with Gasteiger partial charge in [0.25, 0.3) is 5.91 Å². The number of carbonyl (C=O) groups is 2. The van der Waals surface area contributed by atoms with E-state index in [2.05, 4.69) is 15.6 Å². The molecule has 156 valence electrons. The van der Waals surface area contributed by atoms with Crippen LogP contribution in [0.4, 0.5) is 10.5 Å². The van der Waals surface area contributed by atoms with Gasteiger partial charge in [-0.15, -0.1) is 0 Å². The second-order valence-electron chi connectivity index (χ2n) is 6.82. The van der Waals surface area contributed by atoms with E-state index in [0.29, 0.717) is 22.7 Å². The first-order chi connectivity index (χ1) is 15.2. The molecule has 1 heterocycles. The van der Waals surface area contributed by atoms with Crippen molar-refractivity contribution in [2.24, 2.45) is 4.99 Å². The first-order valence-corrected chi connectivity index (χ1v) is 9.74. The molecule has 31 heavy (non-hydrogen) atoms. The van der Waals surface area contributed by atoms with Gasteiger partial charge in [-0.2, -0.15) is 0 Å². The maximum absolute atomic E-state index is 12.8. The summed E-state index contributed by atoms with van der Waals surface area (Å²) in [4.78, 5) is 29.8. The molecule has 0 bridgehead atoms. The van der Waals surface area contributed by atoms with Crippen LogP contribution in [0.3, 0.4) is 0 Å². The summed E-state index contributed by atoms with van der Waals surface area (Å²) in [7, 11) is 1.57. The Morgan fingerprint density at radius 3 is 2.42 bits per heavy atom. The highest BCUT2D eigenvalue weighted by Crippen LogP contribution is 2.28. The quantitative estimate of drug-likeness (QED) is 0.664. The molecule has 1 aliphatic heterocycles. The largest absolute Gasteiger partial charge is 0.496 e. The summed E-state index contributed by atoms with van der Waals surface area (Å²) in [6, 6.07) is 24.0. The molecular weight excluding hydrogens is 394 g/mol. The van der Waals surface area contributed by atoms with Gasteiger partial charge in [-0.3, -0.25) is 10.1 Å². The van der Waals surface area contributed by atoms with E-state index in [1.54, 1.807) is 13.2 Å². The van der Waals surface area contributed by atoms with Crippen molar-refractivity contribution in [3.05, 3.63) is 95.6 Å². The zero-order chi connectivity index (χ0) is 21.6. The highest BCUT2D eigenvalue weighted by molar-refractivity contribution is 6.20. The number of fused-ring (bicyclic) bond motifs is 1. The summed E-state index contributed by atoms with van der Waals surface area (Å²) in [5, 5.41) is 5.37. The molecule has 3 aromatic carbocycles. The molecule has 0 saturated carbocycles. The van der Waals surface area contributed by atoms with E-state index in [1.165, 1.54) is 0 Å². The monoisotopic (exact) mass is 415 g/mol. The van der Waals surface area contributed by atoms with Gasteiger partial charge in [-0.05, 0) is 23.8 Å². The number of hydrogen-bond acceptors (Lipinski definition) is 5. The highest BCUT2D eigenvalue weighted by atomic mass is 16.5. The smallest absolute Gasteiger partial charge is 0.409 e. The van der Waals surface area contributed by atoms with Gasteiger partial charge in [-0.1, -0.05) is 60.7 Å². The standard InChI is InChI=1S/C24H21N3O4/c1-30-20-14-8-6-12-18(20)21-17-11-5-7-13-19(17)25-23(28)22(26-21)27-24(29)31-15-16-9-3-2-4-10-16/h2-14,22H,15H2,1H3,(H,25,28)(H,27,29). The average molecular weight is 415 g/mol. The lowest BCUT2D eigenvalue weighted by atomic mass is 10.00. The number of hydrogen-bond donors (Lipinski definition) is 2. The van der Waals surface area contributed by atoms with Crippen molar-refractivity contribution in [3.8, 4) is 5.75 Å². The zero-order valence-corrected chi connectivity index (χ0v) is 16.9. The third kappa shape index (κ3) is 4.56. The Labute approximate surface area is 179 Å². The van der Waals surface area contributed by atoms with Gasteiger partial charge in [0.2, 0.25) is 6.17 Å². The van der Waals surface area contributed by atoms with Crippen LogP contribution in [0.15, 0.2) is 83.9 Å². The normalized spacial score (nSPS) is 15.1. The van der Waals surface area contributed by atoms with E-state index in [1.807, 2.05) is 72.8 Å². The minimum absolute atomic E-state index is 0.0876. The average Bonchev–Trinajstić information content (AvgIpc) is 2.94. The summed E-state index contributed by atoms with van der Waals surface area (Å²) in [6.45, 7) is 0.0876. The molecule has 1 aliphatic rings. The summed E-state index contributed by atoms with van der Waals surface area (Å²) < 4.78 is 10.7. The molecule has 0 aromatic heterocycles. The number of rotatable bonds is 5. The summed E-state index contributed by atoms with van der Waals surface area (Å²) in [5.41, 5.74) is 3.40. The van der Waals surface area contributed by atoms with Gasteiger partial charge in [0, 0.05) is 11.1 Å². The molecule has 0 aliphatic carbocycles. The van der Waals surface area contributed by atoms with Crippen LogP contribution in [0.2, 0.25) is 0 Å². The minimum Gasteiger partial charge on any atom is -0.496 e. The molecular formula is C24H21N3O4. The second-order valence-corrected chi connectivity index (χ2v) is 6.82. The topological polar surface area (TPSA) is 89.0 Å². The maximum atomic E-state index is 12.8. The first-order valence-electron chi connectivity index (χ1n) is 9.74. The Balaban J connectivity index is 1.63. The number of carbonyl (C=O) groups excluding carboxylic acids is 2. The number of methoxy groups -OCH3 is 1. The van der Waals surface area contributed by atoms with E-state index in [9.17, 15) is 9.59 Å². The lowest BCUT2D eigenvalue weighted by molar-refractivity contribution is -0.117. The third-order valence-corrected chi connectivity index (χ3v) is 4.78. The number of nitrogens with one attached hydrogen (secondary N) is 2. The fraction of sp³-hybridized carbons (Fsp3) is 0.125. The first kappa shape index (κ1) is 20.2. The van der Waals surface area contributed by atoms with Crippen molar-refractivity contribution >= 4 is 23.4 Å². The molecule has 0 radical (unpaired) electrons. The lowest BCUT2D eigenvalue weighted by Crippen LogP contribution is -2.42. The van der Waals surface area contributed by atoms with E-state index < -0.39 is 18.2 Å². The number of nitrogens with zero attached hydrogens (tertiary/aromatic N) is 1. The van der Waals surface area contributed by atoms with Gasteiger partial charge >= 0.3 is 6.09 Å². The Kier molecular flexibility index (Phi) is 5.93. The van der Waals surface area contributed by atoms with Crippen LogP contribution < -0.4 is 15.4 Å². The maximum Gasteiger partial charge on any atom is 0.409 e. The van der Waals surface area contributed by atoms with Crippen molar-refractivity contribution in [2.45, 2.75) is 12.8 Å². The van der Waals surface area contributed by atoms with Crippen LogP contribution in [0.5, 0.6) is 5.75 Å². The molecule has 1 atom stereocenters. The molecule has 0 fully saturated rings. The van der Waals surface area contributed by atoms with Crippen molar-refractivity contribution < 1.29 is 19.1 Å². The van der Waals surface area contributed by atoms with Gasteiger partial charge in [0.15, 0.2) is 0 Å². The predicted octanol–water partition coefficient (Wildman–Crippen LogP) is 3.74. The predicted molar refractivity (Wildman–Crippen MR) is 117 cm³/mol. The Bertz CT molecular complexity index is 1130. The SMILES string of the molecule is COc1ccccc1C1=NC(NC(=O)OCc2ccccc2)C(=O)Nc2ccccc21. The zero-order valence-electron chi connectivity index (χ0n) is 16.9. The molecule has 2 amide bonds. The Morgan fingerprint density at radius 2 is 1.65 bits per heavy atom. The van der Waals surface area contributed by atoms with E-state index in [0.717, 1.165) is 11.1 Å². The van der Waals surface area contributed by atoms with Gasteiger partial charge < -0.3 is 14.8 Å². The van der Waals surface area contributed by atoms with Crippen LogP contribution in [-0.4, -0.2) is 31.0 Å². The molecule has 0 spiro atoms. The number of benzodiazepines with no additional fused rings is 1. The minimum atomic E-state index is -1.17. The number of anilines is 1. The molecule has 7 heteroatoms. The highest BCUT2D eigenvalue weighted by Gasteiger charge is 2.28. The molecule has 4 rings (SSSR count). The van der Waals surface area contributed by atoms with Crippen LogP contribution >= 0.6 is 0 Å². The molecule has 2 N–H and O–H groups in total. The van der Waals surface area contributed by atoms with E-state index in [-0.39, 0.29) is 6.61 Å². The summed E-state index contributed by atoms with van der Waals surface area (Å²) in [6.07, 6.45) is -1.91. The lowest BCUT2D eigenvalue weighted by Gasteiger charge is -2.14. The molecule has 0 saturated heterocycles. The molecule has 3 aromatic rings. The van der Waals surface area contributed by atoms with Crippen LogP contribution in [0.1, 0.15) is 16.7 Å². The number of amides is 2. The van der Waals surface area contributed by atoms with Gasteiger partial charge in [-0.25, -0.2) is 9.79 Å². The number of para-hydroxylation sites is 2. The Morgan fingerprint density at radius 1 is 0.968 bits per heavy atom. The fourth-order valence-electron chi connectivity index (χ4n) is 3.29. The number of alkyl carbamates (subject to hydrolysis) is 1.